The fourth-order valence-electron chi connectivity index (χ4n) is 2.47. The van der Waals surface area contributed by atoms with Crippen molar-refractivity contribution < 1.29 is 0 Å². The highest BCUT2D eigenvalue weighted by molar-refractivity contribution is 5.70. The third-order valence-corrected chi connectivity index (χ3v) is 3.58. The van der Waals surface area contributed by atoms with Gasteiger partial charge in [-0.1, -0.05) is 25.1 Å². The minimum absolute atomic E-state index is 1.05. The lowest BCUT2D eigenvalue weighted by molar-refractivity contribution is 1.08. The van der Waals surface area contributed by atoms with Crippen molar-refractivity contribution in [3.05, 3.63) is 53.6 Å². The Morgan fingerprint density at radius 1 is 1.05 bits per heavy atom. The molecule has 2 rings (SSSR count). The Hall–Kier alpha value is -1.96. The first-order valence-corrected chi connectivity index (χ1v) is 6.77. The van der Waals surface area contributed by atoms with E-state index < -0.39 is 0 Å². The number of para-hydroxylation sites is 1. The minimum Gasteiger partial charge on any atom is -0.388 e. The number of aryl methyl sites for hydroxylation is 2. The van der Waals surface area contributed by atoms with E-state index in [4.69, 9.17) is 0 Å². The SMILES string of the molecule is CCc1cccc(C)c1N(C)c1ccc(NC)cc1. The van der Waals surface area contributed by atoms with Crippen molar-refractivity contribution in [1.82, 2.24) is 0 Å². The first-order chi connectivity index (χ1) is 9.17. The Morgan fingerprint density at radius 2 is 1.74 bits per heavy atom. The van der Waals surface area contributed by atoms with Gasteiger partial charge >= 0.3 is 0 Å². The number of nitrogens with one attached hydrogen (secondary N) is 1. The van der Waals surface area contributed by atoms with Crippen LogP contribution < -0.4 is 10.2 Å². The molecule has 0 bridgehead atoms. The van der Waals surface area contributed by atoms with Gasteiger partial charge in [-0.05, 0) is 48.7 Å². The predicted octanol–water partition coefficient (Wildman–Crippen LogP) is 4.37. The van der Waals surface area contributed by atoms with Crippen LogP contribution in [0.1, 0.15) is 18.1 Å². The molecule has 0 saturated heterocycles. The van der Waals surface area contributed by atoms with Crippen molar-refractivity contribution in [2.75, 3.05) is 24.3 Å². The van der Waals surface area contributed by atoms with E-state index in [9.17, 15) is 0 Å². The second kappa shape index (κ2) is 5.79. The molecule has 0 saturated carbocycles. The van der Waals surface area contributed by atoms with Crippen molar-refractivity contribution in [3.63, 3.8) is 0 Å². The van der Waals surface area contributed by atoms with Gasteiger partial charge < -0.3 is 10.2 Å². The highest BCUT2D eigenvalue weighted by Crippen LogP contribution is 2.31. The van der Waals surface area contributed by atoms with Gasteiger partial charge in [0.05, 0.1) is 0 Å². The number of rotatable bonds is 4. The molecule has 1 N–H and O–H groups in total. The van der Waals surface area contributed by atoms with Gasteiger partial charge in [0.15, 0.2) is 0 Å². The summed E-state index contributed by atoms with van der Waals surface area (Å²) >= 11 is 0. The molecule has 2 aromatic carbocycles. The Morgan fingerprint density at radius 3 is 2.32 bits per heavy atom. The van der Waals surface area contributed by atoms with Crippen molar-refractivity contribution >= 4 is 17.1 Å². The minimum atomic E-state index is 1.05. The maximum atomic E-state index is 3.15. The Bertz CT molecular complexity index is 544. The average Bonchev–Trinajstić information content (AvgIpc) is 2.46. The molecule has 100 valence electrons. The van der Waals surface area contributed by atoms with Crippen LogP contribution in [-0.2, 0) is 6.42 Å². The second-order valence-corrected chi connectivity index (χ2v) is 4.79. The molecule has 0 unspecified atom stereocenters. The maximum Gasteiger partial charge on any atom is 0.0470 e. The Labute approximate surface area is 116 Å². The standard InChI is InChI=1S/C17H22N2/c1-5-14-8-6-7-13(2)17(14)19(4)16-11-9-15(18-3)10-12-16/h6-12,18H,5H2,1-4H3. The van der Waals surface area contributed by atoms with Crippen LogP contribution in [0.25, 0.3) is 0 Å². The van der Waals surface area contributed by atoms with Crippen LogP contribution in [0.5, 0.6) is 0 Å². The van der Waals surface area contributed by atoms with Gasteiger partial charge in [-0.3, -0.25) is 0 Å². The number of nitrogens with zero attached hydrogens (tertiary/aromatic N) is 1. The third kappa shape index (κ3) is 2.73. The average molecular weight is 254 g/mol. The van der Waals surface area contributed by atoms with Gasteiger partial charge in [0, 0.05) is 31.2 Å². The molecule has 2 heteroatoms. The van der Waals surface area contributed by atoms with E-state index in [0.29, 0.717) is 0 Å². The Balaban J connectivity index is 2.40. The van der Waals surface area contributed by atoms with E-state index >= 15 is 0 Å². The van der Waals surface area contributed by atoms with Crippen molar-refractivity contribution in [3.8, 4) is 0 Å². The summed E-state index contributed by atoms with van der Waals surface area (Å²) in [5.41, 5.74) is 6.38. The van der Waals surface area contributed by atoms with E-state index in [0.717, 1.165) is 12.1 Å². The van der Waals surface area contributed by atoms with Crippen LogP contribution in [0.15, 0.2) is 42.5 Å². The summed E-state index contributed by atoms with van der Waals surface area (Å²) in [7, 11) is 4.07. The fourth-order valence-corrected chi connectivity index (χ4v) is 2.47. The largest absolute Gasteiger partial charge is 0.388 e. The molecule has 2 nitrogen and oxygen atoms in total. The van der Waals surface area contributed by atoms with Gasteiger partial charge in [0.2, 0.25) is 0 Å². The molecule has 0 heterocycles. The summed E-state index contributed by atoms with van der Waals surface area (Å²) in [4.78, 5) is 2.27. The van der Waals surface area contributed by atoms with Crippen molar-refractivity contribution in [2.45, 2.75) is 20.3 Å². The lowest BCUT2D eigenvalue weighted by Crippen LogP contribution is -2.13. The van der Waals surface area contributed by atoms with Gasteiger partial charge in [-0.15, -0.1) is 0 Å². The highest BCUT2D eigenvalue weighted by Gasteiger charge is 2.10. The predicted molar refractivity (Wildman–Crippen MR) is 84.6 cm³/mol. The number of anilines is 3. The molecule has 0 aliphatic carbocycles. The van der Waals surface area contributed by atoms with Crippen LogP contribution in [0.2, 0.25) is 0 Å². The molecular weight excluding hydrogens is 232 g/mol. The summed E-state index contributed by atoms with van der Waals surface area (Å²) in [6.07, 6.45) is 1.05. The lowest BCUT2D eigenvalue weighted by atomic mass is 10.0. The maximum absolute atomic E-state index is 3.15. The van der Waals surface area contributed by atoms with Crippen molar-refractivity contribution in [2.24, 2.45) is 0 Å². The van der Waals surface area contributed by atoms with Gasteiger partial charge in [0.25, 0.3) is 0 Å². The molecule has 0 atom stereocenters. The second-order valence-electron chi connectivity index (χ2n) is 4.79. The topological polar surface area (TPSA) is 15.3 Å². The van der Waals surface area contributed by atoms with Gasteiger partial charge in [0.1, 0.15) is 0 Å². The summed E-state index contributed by atoms with van der Waals surface area (Å²) in [5, 5.41) is 3.15. The smallest absolute Gasteiger partial charge is 0.0470 e. The van der Waals surface area contributed by atoms with Crippen LogP contribution in [0, 0.1) is 6.92 Å². The molecule has 0 amide bonds. The normalized spacial score (nSPS) is 10.3. The quantitative estimate of drug-likeness (QED) is 0.871. The van der Waals surface area contributed by atoms with E-state index in [1.54, 1.807) is 0 Å². The summed E-state index contributed by atoms with van der Waals surface area (Å²) in [6.45, 7) is 4.38. The molecule has 2 aromatic rings. The van der Waals surface area contributed by atoms with E-state index in [1.807, 2.05) is 7.05 Å². The molecule has 19 heavy (non-hydrogen) atoms. The van der Waals surface area contributed by atoms with E-state index in [1.165, 1.54) is 22.5 Å². The zero-order valence-corrected chi connectivity index (χ0v) is 12.2. The monoisotopic (exact) mass is 254 g/mol. The molecule has 0 aliphatic heterocycles. The molecule has 0 aromatic heterocycles. The van der Waals surface area contributed by atoms with E-state index in [2.05, 4.69) is 73.6 Å². The molecule has 0 radical (unpaired) electrons. The molecular formula is C17H22N2. The Kier molecular flexibility index (Phi) is 4.10. The van der Waals surface area contributed by atoms with Crippen LogP contribution in [-0.4, -0.2) is 14.1 Å². The lowest BCUT2D eigenvalue weighted by Gasteiger charge is -2.24. The first kappa shape index (κ1) is 13.5. The van der Waals surface area contributed by atoms with Crippen LogP contribution in [0.4, 0.5) is 17.1 Å². The number of benzene rings is 2. The van der Waals surface area contributed by atoms with E-state index in [-0.39, 0.29) is 0 Å². The summed E-state index contributed by atoms with van der Waals surface area (Å²) < 4.78 is 0. The van der Waals surface area contributed by atoms with Crippen molar-refractivity contribution in [1.29, 1.82) is 0 Å². The zero-order valence-electron chi connectivity index (χ0n) is 12.2. The number of hydrogen-bond donors (Lipinski definition) is 1. The highest BCUT2D eigenvalue weighted by atomic mass is 15.1. The fraction of sp³-hybridized carbons (Fsp3) is 0.294. The first-order valence-electron chi connectivity index (χ1n) is 6.77. The number of hydrogen-bond acceptors (Lipinski definition) is 2. The van der Waals surface area contributed by atoms with Crippen LogP contribution in [0.3, 0.4) is 0 Å². The molecule has 0 aliphatic rings. The molecule has 0 spiro atoms. The third-order valence-electron chi connectivity index (χ3n) is 3.58. The summed E-state index contributed by atoms with van der Waals surface area (Å²) in [5.74, 6) is 0. The van der Waals surface area contributed by atoms with Gasteiger partial charge in [-0.25, -0.2) is 0 Å². The van der Waals surface area contributed by atoms with Gasteiger partial charge in [-0.2, -0.15) is 0 Å². The van der Waals surface area contributed by atoms with Crippen LogP contribution >= 0.6 is 0 Å². The summed E-state index contributed by atoms with van der Waals surface area (Å²) in [6, 6.07) is 15.0. The molecule has 0 fully saturated rings. The zero-order chi connectivity index (χ0) is 13.8.